The maximum absolute atomic E-state index is 12.6. The molecule has 0 bridgehead atoms. The predicted molar refractivity (Wildman–Crippen MR) is 102 cm³/mol. The number of hydrogen-bond acceptors (Lipinski definition) is 4. The second-order valence-electron chi connectivity index (χ2n) is 6.49. The fourth-order valence-corrected chi connectivity index (χ4v) is 3.14. The number of rotatable bonds is 7. The molecule has 140 valence electrons. The summed E-state index contributed by atoms with van der Waals surface area (Å²) in [7, 11) is 0. The lowest BCUT2D eigenvalue weighted by Gasteiger charge is -2.19. The minimum atomic E-state index is -0.360. The third kappa shape index (κ3) is 4.91. The SMILES string of the molecule is Cc1nc(=O)[nH]c(C)c1CCC(=O)NC(Cn1cccn1)c1ccccc1. The van der Waals surface area contributed by atoms with Gasteiger partial charge in [-0.05, 0) is 37.5 Å². The van der Waals surface area contributed by atoms with Crippen LogP contribution >= 0.6 is 0 Å². The highest BCUT2D eigenvalue weighted by Crippen LogP contribution is 2.16. The van der Waals surface area contributed by atoms with Gasteiger partial charge in [0.1, 0.15) is 0 Å². The largest absolute Gasteiger partial charge is 0.347 e. The molecule has 0 saturated heterocycles. The van der Waals surface area contributed by atoms with E-state index in [1.165, 1.54) is 0 Å². The molecule has 3 aromatic rings. The van der Waals surface area contributed by atoms with E-state index in [0.29, 0.717) is 25.1 Å². The third-order valence-corrected chi connectivity index (χ3v) is 4.52. The Labute approximate surface area is 157 Å². The fraction of sp³-hybridized carbons (Fsp3) is 0.300. The van der Waals surface area contributed by atoms with Gasteiger partial charge in [0.05, 0.1) is 12.6 Å². The van der Waals surface area contributed by atoms with Crippen LogP contribution in [0.15, 0.2) is 53.6 Å². The Morgan fingerprint density at radius 2 is 2.00 bits per heavy atom. The summed E-state index contributed by atoms with van der Waals surface area (Å²) in [5, 5.41) is 7.34. The van der Waals surface area contributed by atoms with Crippen molar-refractivity contribution >= 4 is 5.91 Å². The van der Waals surface area contributed by atoms with Crippen molar-refractivity contribution in [2.45, 2.75) is 39.3 Å². The van der Waals surface area contributed by atoms with Gasteiger partial charge in [0.25, 0.3) is 0 Å². The van der Waals surface area contributed by atoms with Crippen LogP contribution in [0.25, 0.3) is 0 Å². The molecule has 3 rings (SSSR count). The molecule has 2 heterocycles. The van der Waals surface area contributed by atoms with Gasteiger partial charge in [-0.1, -0.05) is 30.3 Å². The first-order valence-corrected chi connectivity index (χ1v) is 8.91. The van der Waals surface area contributed by atoms with Crippen LogP contribution in [0.1, 0.15) is 35.0 Å². The summed E-state index contributed by atoms with van der Waals surface area (Å²) in [6.07, 6.45) is 4.44. The number of H-pyrrole nitrogens is 1. The Morgan fingerprint density at radius 3 is 2.67 bits per heavy atom. The van der Waals surface area contributed by atoms with Crippen LogP contribution in [-0.4, -0.2) is 25.7 Å². The van der Waals surface area contributed by atoms with Gasteiger partial charge in [0, 0.05) is 30.2 Å². The third-order valence-electron chi connectivity index (χ3n) is 4.52. The number of carbonyl (C=O) groups is 1. The summed E-state index contributed by atoms with van der Waals surface area (Å²) in [5.74, 6) is -0.0546. The van der Waals surface area contributed by atoms with Crippen molar-refractivity contribution in [2.24, 2.45) is 0 Å². The summed E-state index contributed by atoms with van der Waals surface area (Å²) in [6, 6.07) is 11.5. The lowest BCUT2D eigenvalue weighted by atomic mass is 10.0. The number of aromatic amines is 1. The van der Waals surface area contributed by atoms with Gasteiger partial charge in [-0.15, -0.1) is 0 Å². The zero-order chi connectivity index (χ0) is 19.2. The minimum Gasteiger partial charge on any atom is -0.347 e. The quantitative estimate of drug-likeness (QED) is 0.670. The maximum atomic E-state index is 12.6. The van der Waals surface area contributed by atoms with Gasteiger partial charge in [0.15, 0.2) is 0 Å². The molecule has 7 nitrogen and oxygen atoms in total. The first-order valence-electron chi connectivity index (χ1n) is 8.91. The molecule has 1 unspecified atom stereocenters. The van der Waals surface area contributed by atoms with Crippen LogP contribution in [0.2, 0.25) is 0 Å². The molecule has 2 aromatic heterocycles. The van der Waals surface area contributed by atoms with E-state index < -0.39 is 0 Å². The van der Waals surface area contributed by atoms with Crippen LogP contribution in [0.5, 0.6) is 0 Å². The Kier molecular flexibility index (Phi) is 5.80. The molecule has 0 spiro atoms. The second-order valence-corrected chi connectivity index (χ2v) is 6.49. The van der Waals surface area contributed by atoms with E-state index in [2.05, 4.69) is 20.4 Å². The number of carbonyl (C=O) groups excluding carboxylic acids is 1. The monoisotopic (exact) mass is 365 g/mol. The molecule has 0 aliphatic heterocycles. The topological polar surface area (TPSA) is 92.7 Å². The average Bonchev–Trinajstić information content (AvgIpc) is 3.14. The van der Waals surface area contributed by atoms with Crippen molar-refractivity contribution in [3.63, 3.8) is 0 Å². The van der Waals surface area contributed by atoms with Gasteiger partial charge >= 0.3 is 5.69 Å². The first-order chi connectivity index (χ1) is 13.0. The molecule has 7 heteroatoms. The van der Waals surface area contributed by atoms with E-state index in [1.54, 1.807) is 17.8 Å². The maximum Gasteiger partial charge on any atom is 0.345 e. The lowest BCUT2D eigenvalue weighted by Crippen LogP contribution is -2.32. The first kappa shape index (κ1) is 18.6. The molecule has 1 amide bonds. The number of aromatic nitrogens is 4. The highest BCUT2D eigenvalue weighted by Gasteiger charge is 2.16. The molecular weight excluding hydrogens is 342 g/mol. The number of aryl methyl sites for hydroxylation is 2. The van der Waals surface area contributed by atoms with Gasteiger partial charge < -0.3 is 10.3 Å². The Morgan fingerprint density at radius 1 is 1.22 bits per heavy atom. The lowest BCUT2D eigenvalue weighted by molar-refractivity contribution is -0.121. The van der Waals surface area contributed by atoms with E-state index in [1.807, 2.05) is 49.5 Å². The Hall–Kier alpha value is -3.22. The second kappa shape index (κ2) is 8.44. The van der Waals surface area contributed by atoms with Crippen LogP contribution in [0.3, 0.4) is 0 Å². The van der Waals surface area contributed by atoms with Crippen molar-refractivity contribution in [1.82, 2.24) is 25.1 Å². The summed E-state index contributed by atoms with van der Waals surface area (Å²) in [6.45, 7) is 4.18. The molecule has 0 aliphatic carbocycles. The van der Waals surface area contributed by atoms with Crippen molar-refractivity contribution in [3.05, 3.63) is 81.8 Å². The molecule has 2 N–H and O–H groups in total. The van der Waals surface area contributed by atoms with Crippen molar-refractivity contribution in [2.75, 3.05) is 0 Å². The summed E-state index contributed by atoms with van der Waals surface area (Å²) in [5.41, 5.74) is 3.01. The molecule has 0 saturated carbocycles. The zero-order valence-electron chi connectivity index (χ0n) is 15.5. The van der Waals surface area contributed by atoms with Gasteiger partial charge in [-0.3, -0.25) is 9.48 Å². The summed E-state index contributed by atoms with van der Waals surface area (Å²) < 4.78 is 1.80. The van der Waals surface area contributed by atoms with Crippen LogP contribution in [0.4, 0.5) is 0 Å². The Bertz CT molecular complexity index is 922. The number of amides is 1. The fourth-order valence-electron chi connectivity index (χ4n) is 3.14. The van der Waals surface area contributed by atoms with E-state index in [9.17, 15) is 9.59 Å². The number of nitrogens with zero attached hydrogens (tertiary/aromatic N) is 3. The highest BCUT2D eigenvalue weighted by molar-refractivity contribution is 5.76. The molecule has 0 fully saturated rings. The van der Waals surface area contributed by atoms with Crippen LogP contribution < -0.4 is 11.0 Å². The number of nitrogens with one attached hydrogen (secondary N) is 2. The molecule has 0 aliphatic rings. The smallest absolute Gasteiger partial charge is 0.345 e. The Balaban J connectivity index is 1.68. The van der Waals surface area contributed by atoms with Gasteiger partial charge in [-0.25, -0.2) is 4.79 Å². The number of benzene rings is 1. The summed E-state index contributed by atoms with van der Waals surface area (Å²) >= 11 is 0. The predicted octanol–water partition coefficient (Wildman–Crippen LogP) is 2.07. The van der Waals surface area contributed by atoms with E-state index in [4.69, 9.17) is 0 Å². The normalized spacial score (nSPS) is 11.9. The zero-order valence-corrected chi connectivity index (χ0v) is 15.5. The molecule has 0 radical (unpaired) electrons. The highest BCUT2D eigenvalue weighted by atomic mass is 16.1. The van der Waals surface area contributed by atoms with E-state index in [-0.39, 0.29) is 17.6 Å². The molecule has 1 aromatic carbocycles. The van der Waals surface area contributed by atoms with Gasteiger partial charge in [-0.2, -0.15) is 10.1 Å². The van der Waals surface area contributed by atoms with Crippen LogP contribution in [0, 0.1) is 13.8 Å². The minimum absolute atomic E-state index is 0.0546. The molecule has 27 heavy (non-hydrogen) atoms. The van der Waals surface area contributed by atoms with Crippen LogP contribution in [-0.2, 0) is 17.8 Å². The van der Waals surface area contributed by atoms with E-state index in [0.717, 1.165) is 16.8 Å². The standard InChI is InChI=1S/C20H23N5O2/c1-14-17(15(2)23-20(27)22-14)9-10-19(26)24-18(13-25-12-6-11-21-25)16-7-4-3-5-8-16/h3-8,11-12,18H,9-10,13H2,1-2H3,(H,24,26)(H,22,23,27). The number of hydrogen-bond donors (Lipinski definition) is 2. The van der Waals surface area contributed by atoms with Crippen molar-refractivity contribution in [3.8, 4) is 0 Å². The molecule has 1 atom stereocenters. The van der Waals surface area contributed by atoms with E-state index >= 15 is 0 Å². The van der Waals surface area contributed by atoms with Gasteiger partial charge in [0.2, 0.25) is 5.91 Å². The average molecular weight is 365 g/mol. The molecular formula is C20H23N5O2. The van der Waals surface area contributed by atoms with Crippen molar-refractivity contribution < 1.29 is 4.79 Å². The summed E-state index contributed by atoms with van der Waals surface area (Å²) in [4.78, 5) is 30.6. The van der Waals surface area contributed by atoms with Crippen molar-refractivity contribution in [1.29, 1.82) is 0 Å².